The molecular formula is C13H16N2O3. The summed E-state index contributed by atoms with van der Waals surface area (Å²) in [6.45, 7) is 1.97. The summed E-state index contributed by atoms with van der Waals surface area (Å²) in [7, 11) is 0. The van der Waals surface area contributed by atoms with Crippen molar-refractivity contribution in [1.29, 1.82) is 0 Å². The molecule has 0 atom stereocenters. The third kappa shape index (κ3) is 3.00. The summed E-state index contributed by atoms with van der Waals surface area (Å²) in [5.41, 5.74) is 1.03. The fourth-order valence-electron chi connectivity index (χ4n) is 2.02. The molecule has 0 aromatic heterocycles. The van der Waals surface area contributed by atoms with Crippen LogP contribution in [-0.4, -0.2) is 35.1 Å². The Hall–Kier alpha value is -2.04. The van der Waals surface area contributed by atoms with Gasteiger partial charge in [0, 0.05) is 19.6 Å². The van der Waals surface area contributed by atoms with E-state index in [0.29, 0.717) is 6.54 Å². The van der Waals surface area contributed by atoms with Crippen LogP contribution in [0.3, 0.4) is 0 Å². The van der Waals surface area contributed by atoms with Crippen LogP contribution in [-0.2, 0) is 6.54 Å². The van der Waals surface area contributed by atoms with Gasteiger partial charge >= 0.3 is 12.0 Å². The van der Waals surface area contributed by atoms with Crippen LogP contribution in [0, 0.1) is 0 Å². The van der Waals surface area contributed by atoms with Crippen molar-refractivity contribution in [3.05, 3.63) is 35.4 Å². The second-order valence-electron chi connectivity index (χ2n) is 4.36. The molecule has 2 rings (SSSR count). The van der Waals surface area contributed by atoms with Crippen molar-refractivity contribution in [3.63, 3.8) is 0 Å². The van der Waals surface area contributed by atoms with Gasteiger partial charge in [-0.2, -0.15) is 0 Å². The zero-order chi connectivity index (χ0) is 13.0. The molecule has 1 aliphatic heterocycles. The van der Waals surface area contributed by atoms with E-state index in [-0.39, 0.29) is 11.6 Å². The Morgan fingerprint density at radius 2 is 2.00 bits per heavy atom. The molecule has 18 heavy (non-hydrogen) atoms. The van der Waals surface area contributed by atoms with E-state index >= 15 is 0 Å². The van der Waals surface area contributed by atoms with Gasteiger partial charge in [-0.3, -0.25) is 0 Å². The number of carboxylic acid groups (broad SMARTS) is 1. The number of benzene rings is 1. The van der Waals surface area contributed by atoms with Gasteiger partial charge in [-0.05, 0) is 30.5 Å². The van der Waals surface area contributed by atoms with Gasteiger partial charge in [0.2, 0.25) is 0 Å². The molecule has 0 bridgehead atoms. The van der Waals surface area contributed by atoms with Crippen molar-refractivity contribution >= 4 is 12.0 Å². The molecule has 1 aromatic rings. The van der Waals surface area contributed by atoms with Gasteiger partial charge in [-0.15, -0.1) is 0 Å². The molecular weight excluding hydrogens is 232 g/mol. The molecule has 0 aliphatic carbocycles. The quantitative estimate of drug-likeness (QED) is 0.855. The van der Waals surface area contributed by atoms with Crippen molar-refractivity contribution in [2.75, 3.05) is 13.1 Å². The fraction of sp³-hybridized carbons (Fsp3) is 0.385. The van der Waals surface area contributed by atoms with Gasteiger partial charge in [-0.1, -0.05) is 12.1 Å². The number of hydrogen-bond donors (Lipinski definition) is 2. The van der Waals surface area contributed by atoms with E-state index in [1.807, 2.05) is 0 Å². The standard InChI is InChI=1S/C13H16N2O3/c16-12(17)11-5-3-4-10(8-11)9-14-13(18)15-6-1-2-7-15/h3-5,8H,1-2,6-7,9H2,(H,14,18)(H,16,17). The van der Waals surface area contributed by atoms with Crippen molar-refractivity contribution in [3.8, 4) is 0 Å². The highest BCUT2D eigenvalue weighted by molar-refractivity contribution is 5.87. The van der Waals surface area contributed by atoms with Crippen molar-refractivity contribution in [2.24, 2.45) is 0 Å². The third-order valence-electron chi connectivity index (χ3n) is 3.01. The van der Waals surface area contributed by atoms with Crippen LogP contribution in [0.25, 0.3) is 0 Å². The largest absolute Gasteiger partial charge is 0.478 e. The number of nitrogens with one attached hydrogen (secondary N) is 1. The minimum Gasteiger partial charge on any atom is -0.478 e. The van der Waals surface area contributed by atoms with E-state index < -0.39 is 5.97 Å². The van der Waals surface area contributed by atoms with Crippen LogP contribution >= 0.6 is 0 Å². The molecule has 0 radical (unpaired) electrons. The summed E-state index contributed by atoms with van der Waals surface area (Å²) in [6, 6.07) is 6.52. The van der Waals surface area contributed by atoms with Crippen LogP contribution in [0.1, 0.15) is 28.8 Å². The molecule has 1 fully saturated rings. The molecule has 96 valence electrons. The van der Waals surface area contributed by atoms with Crippen LogP contribution in [0.5, 0.6) is 0 Å². The summed E-state index contributed by atoms with van der Waals surface area (Å²) in [5, 5.41) is 11.7. The Morgan fingerprint density at radius 3 is 2.67 bits per heavy atom. The number of rotatable bonds is 3. The van der Waals surface area contributed by atoms with Gasteiger partial charge in [0.05, 0.1) is 5.56 Å². The number of nitrogens with zero attached hydrogens (tertiary/aromatic N) is 1. The lowest BCUT2D eigenvalue weighted by molar-refractivity contribution is 0.0696. The van der Waals surface area contributed by atoms with E-state index in [0.717, 1.165) is 31.5 Å². The van der Waals surface area contributed by atoms with Crippen molar-refractivity contribution in [1.82, 2.24) is 10.2 Å². The Bertz CT molecular complexity index is 453. The second-order valence-corrected chi connectivity index (χ2v) is 4.36. The highest BCUT2D eigenvalue weighted by atomic mass is 16.4. The van der Waals surface area contributed by atoms with E-state index in [1.165, 1.54) is 6.07 Å². The fourth-order valence-corrected chi connectivity index (χ4v) is 2.02. The molecule has 1 aromatic carbocycles. The topological polar surface area (TPSA) is 69.6 Å². The number of hydrogen-bond acceptors (Lipinski definition) is 2. The maximum Gasteiger partial charge on any atom is 0.335 e. The Balaban J connectivity index is 1.91. The number of aromatic carboxylic acids is 1. The monoisotopic (exact) mass is 248 g/mol. The van der Waals surface area contributed by atoms with Gasteiger partial charge in [0.1, 0.15) is 0 Å². The number of urea groups is 1. The number of carboxylic acids is 1. The smallest absolute Gasteiger partial charge is 0.335 e. The Labute approximate surface area is 105 Å². The van der Waals surface area contributed by atoms with Gasteiger partial charge < -0.3 is 15.3 Å². The highest BCUT2D eigenvalue weighted by Crippen LogP contribution is 2.08. The van der Waals surface area contributed by atoms with E-state index in [1.54, 1.807) is 23.1 Å². The summed E-state index contributed by atoms with van der Waals surface area (Å²) in [5.74, 6) is -0.956. The minimum absolute atomic E-state index is 0.0757. The lowest BCUT2D eigenvalue weighted by Gasteiger charge is -2.16. The molecule has 1 aliphatic rings. The molecule has 1 saturated heterocycles. The molecule has 2 amide bonds. The maximum absolute atomic E-state index is 11.7. The predicted octanol–water partition coefficient (Wildman–Crippen LogP) is 1.69. The van der Waals surface area contributed by atoms with E-state index in [9.17, 15) is 9.59 Å². The number of carbonyl (C=O) groups is 2. The molecule has 1 heterocycles. The lowest BCUT2D eigenvalue weighted by atomic mass is 10.1. The first kappa shape index (κ1) is 12.4. The molecule has 5 heteroatoms. The first-order valence-electron chi connectivity index (χ1n) is 6.02. The average molecular weight is 248 g/mol. The summed E-state index contributed by atoms with van der Waals surface area (Å²) < 4.78 is 0. The van der Waals surface area contributed by atoms with Gasteiger partial charge in [-0.25, -0.2) is 9.59 Å². The molecule has 2 N–H and O–H groups in total. The Morgan fingerprint density at radius 1 is 1.28 bits per heavy atom. The van der Waals surface area contributed by atoms with Gasteiger partial charge in [0.15, 0.2) is 0 Å². The third-order valence-corrected chi connectivity index (χ3v) is 3.01. The van der Waals surface area contributed by atoms with E-state index in [4.69, 9.17) is 5.11 Å². The predicted molar refractivity (Wildman–Crippen MR) is 66.4 cm³/mol. The highest BCUT2D eigenvalue weighted by Gasteiger charge is 2.17. The molecule has 0 saturated carbocycles. The first-order valence-corrected chi connectivity index (χ1v) is 6.02. The van der Waals surface area contributed by atoms with E-state index in [2.05, 4.69) is 5.32 Å². The minimum atomic E-state index is -0.956. The number of likely N-dealkylation sites (tertiary alicyclic amines) is 1. The number of carbonyl (C=O) groups excluding carboxylic acids is 1. The summed E-state index contributed by atoms with van der Waals surface area (Å²) in [4.78, 5) is 24.3. The van der Waals surface area contributed by atoms with Crippen molar-refractivity contribution in [2.45, 2.75) is 19.4 Å². The molecule has 0 spiro atoms. The normalized spacial score (nSPS) is 14.6. The average Bonchev–Trinajstić information content (AvgIpc) is 2.90. The van der Waals surface area contributed by atoms with Crippen LogP contribution in [0.4, 0.5) is 4.79 Å². The van der Waals surface area contributed by atoms with Crippen molar-refractivity contribution < 1.29 is 14.7 Å². The molecule has 5 nitrogen and oxygen atoms in total. The van der Waals surface area contributed by atoms with Crippen LogP contribution in [0.2, 0.25) is 0 Å². The molecule has 0 unspecified atom stereocenters. The Kier molecular flexibility index (Phi) is 3.82. The van der Waals surface area contributed by atoms with Crippen LogP contribution in [0.15, 0.2) is 24.3 Å². The lowest BCUT2D eigenvalue weighted by Crippen LogP contribution is -2.37. The maximum atomic E-state index is 11.7. The van der Waals surface area contributed by atoms with Crippen LogP contribution < -0.4 is 5.32 Å². The number of amides is 2. The second kappa shape index (κ2) is 5.53. The zero-order valence-electron chi connectivity index (χ0n) is 10.1. The first-order chi connectivity index (χ1) is 8.66. The summed E-state index contributed by atoms with van der Waals surface area (Å²) >= 11 is 0. The zero-order valence-corrected chi connectivity index (χ0v) is 10.1. The summed E-state index contributed by atoms with van der Waals surface area (Å²) in [6.07, 6.45) is 2.11. The SMILES string of the molecule is O=C(O)c1cccc(CNC(=O)N2CCCC2)c1. The van der Waals surface area contributed by atoms with Gasteiger partial charge in [0.25, 0.3) is 0 Å².